The Morgan fingerprint density at radius 3 is 2.52 bits per heavy atom. The molecule has 170 valence electrons. The van der Waals surface area contributed by atoms with Gasteiger partial charge in [0.2, 0.25) is 0 Å². The lowest BCUT2D eigenvalue weighted by atomic mass is 9.97. The van der Waals surface area contributed by atoms with Gasteiger partial charge in [-0.15, -0.1) is 0 Å². The van der Waals surface area contributed by atoms with Crippen LogP contribution in [0.2, 0.25) is 0 Å². The van der Waals surface area contributed by atoms with Crippen molar-refractivity contribution in [3.8, 4) is 6.07 Å². The van der Waals surface area contributed by atoms with Crippen LogP contribution in [0.3, 0.4) is 0 Å². The quantitative estimate of drug-likeness (QED) is 0.646. The van der Waals surface area contributed by atoms with Crippen molar-refractivity contribution in [2.45, 2.75) is 26.3 Å². The van der Waals surface area contributed by atoms with Gasteiger partial charge in [0.1, 0.15) is 6.79 Å². The van der Waals surface area contributed by atoms with E-state index >= 15 is 0 Å². The van der Waals surface area contributed by atoms with Crippen molar-refractivity contribution in [1.82, 2.24) is 9.88 Å². The molecule has 1 saturated heterocycles. The SMILES string of the molecule is C=O.Cc1cc(CN2CCN(c3ccc(C#N)cc3)CC2)cc2[nH]c(=O)c3c(c12)NCCC3. The van der Waals surface area contributed by atoms with Crippen LogP contribution >= 0.6 is 0 Å². The van der Waals surface area contributed by atoms with Gasteiger partial charge in [-0.2, -0.15) is 5.26 Å². The van der Waals surface area contributed by atoms with Gasteiger partial charge < -0.3 is 20.0 Å². The number of anilines is 2. The molecular formula is C26H29N5O2. The normalized spacial score (nSPS) is 15.7. The Bertz CT molecular complexity index is 1230. The molecule has 33 heavy (non-hydrogen) atoms. The van der Waals surface area contributed by atoms with Crippen LogP contribution in [0.5, 0.6) is 0 Å². The van der Waals surface area contributed by atoms with E-state index in [1.54, 1.807) is 0 Å². The number of hydrogen-bond acceptors (Lipinski definition) is 6. The molecule has 1 fully saturated rings. The number of rotatable bonds is 3. The van der Waals surface area contributed by atoms with Crippen molar-refractivity contribution < 1.29 is 4.79 Å². The fourth-order valence-corrected chi connectivity index (χ4v) is 4.93. The number of carbonyl (C=O) groups is 1. The van der Waals surface area contributed by atoms with Gasteiger partial charge >= 0.3 is 0 Å². The first-order chi connectivity index (χ1) is 16.1. The maximum absolute atomic E-state index is 12.6. The minimum atomic E-state index is 0.0438. The molecule has 3 aromatic rings. The highest BCUT2D eigenvalue weighted by Gasteiger charge is 2.20. The van der Waals surface area contributed by atoms with Crippen LogP contribution in [0.25, 0.3) is 10.9 Å². The van der Waals surface area contributed by atoms with E-state index in [1.807, 2.05) is 31.1 Å². The standard InChI is InChI=1S/C25H27N5O.CH2O/c1-17-13-19(14-22-23(17)24-21(25(31)28-22)3-2-8-27-24)16-29-9-11-30(12-10-29)20-6-4-18(15-26)5-7-20;1-2/h4-7,13-14,27H,2-3,8-12,16H2,1H3,(H,28,31);1H2. The lowest BCUT2D eigenvalue weighted by Crippen LogP contribution is -2.45. The molecule has 0 saturated carbocycles. The predicted octanol–water partition coefficient (Wildman–Crippen LogP) is 3.20. The Balaban J connectivity index is 0.00000126. The monoisotopic (exact) mass is 443 g/mol. The molecular weight excluding hydrogens is 414 g/mol. The fourth-order valence-electron chi connectivity index (χ4n) is 4.93. The lowest BCUT2D eigenvalue weighted by molar-refractivity contribution is -0.0979. The molecule has 7 nitrogen and oxygen atoms in total. The van der Waals surface area contributed by atoms with Crippen molar-refractivity contribution in [3.05, 3.63) is 69.0 Å². The predicted molar refractivity (Wildman–Crippen MR) is 132 cm³/mol. The van der Waals surface area contributed by atoms with E-state index in [9.17, 15) is 4.79 Å². The second-order valence-corrected chi connectivity index (χ2v) is 8.60. The second kappa shape index (κ2) is 9.88. The zero-order valence-corrected chi connectivity index (χ0v) is 19.0. The molecule has 7 heteroatoms. The zero-order chi connectivity index (χ0) is 23.4. The topological polar surface area (TPSA) is 92.2 Å². The highest BCUT2D eigenvalue weighted by atomic mass is 16.1. The maximum Gasteiger partial charge on any atom is 0.253 e. The number of benzene rings is 2. The summed E-state index contributed by atoms with van der Waals surface area (Å²) in [5.41, 5.74) is 7.23. The van der Waals surface area contributed by atoms with Crippen LogP contribution in [-0.2, 0) is 17.8 Å². The lowest BCUT2D eigenvalue weighted by Gasteiger charge is -2.36. The summed E-state index contributed by atoms with van der Waals surface area (Å²) in [5.74, 6) is 0. The number of nitrogens with zero attached hydrogens (tertiary/aromatic N) is 3. The van der Waals surface area contributed by atoms with E-state index in [2.05, 4.69) is 45.2 Å². The van der Waals surface area contributed by atoms with E-state index in [4.69, 9.17) is 10.1 Å². The summed E-state index contributed by atoms with van der Waals surface area (Å²) in [7, 11) is 0. The third-order valence-electron chi connectivity index (χ3n) is 6.51. The van der Waals surface area contributed by atoms with Gasteiger partial charge in [-0.3, -0.25) is 9.69 Å². The number of nitrogens with one attached hydrogen (secondary N) is 2. The van der Waals surface area contributed by atoms with Crippen molar-refractivity contribution in [2.24, 2.45) is 0 Å². The average molecular weight is 444 g/mol. The number of nitriles is 1. The second-order valence-electron chi connectivity index (χ2n) is 8.60. The Labute approximate surface area is 193 Å². The molecule has 1 aromatic heterocycles. The summed E-state index contributed by atoms with van der Waals surface area (Å²) in [6.07, 6.45) is 1.85. The van der Waals surface area contributed by atoms with E-state index in [0.29, 0.717) is 5.56 Å². The molecule has 2 aliphatic heterocycles. The summed E-state index contributed by atoms with van der Waals surface area (Å²) in [6.45, 7) is 9.85. The van der Waals surface area contributed by atoms with E-state index < -0.39 is 0 Å². The summed E-state index contributed by atoms with van der Waals surface area (Å²) in [4.78, 5) is 28.5. The van der Waals surface area contributed by atoms with Crippen molar-refractivity contribution in [3.63, 3.8) is 0 Å². The molecule has 0 spiro atoms. The maximum atomic E-state index is 12.6. The van der Waals surface area contributed by atoms with E-state index in [1.165, 1.54) is 16.8 Å². The number of carbonyl (C=O) groups excluding carboxylic acids is 1. The highest BCUT2D eigenvalue weighted by Crippen LogP contribution is 2.31. The summed E-state index contributed by atoms with van der Waals surface area (Å²) in [5, 5.41) is 13.6. The molecule has 0 unspecified atom stereocenters. The molecule has 2 N–H and O–H groups in total. The van der Waals surface area contributed by atoms with Gasteiger partial charge in [0.05, 0.1) is 22.8 Å². The van der Waals surface area contributed by atoms with Crippen LogP contribution in [0, 0.1) is 18.3 Å². The number of aryl methyl sites for hydroxylation is 1. The molecule has 0 aliphatic carbocycles. The summed E-state index contributed by atoms with van der Waals surface area (Å²) < 4.78 is 0. The molecule has 0 bridgehead atoms. The van der Waals surface area contributed by atoms with Gasteiger partial charge in [-0.1, -0.05) is 6.07 Å². The molecule has 3 heterocycles. The first-order valence-electron chi connectivity index (χ1n) is 11.3. The molecule has 0 radical (unpaired) electrons. The van der Waals surface area contributed by atoms with Gasteiger partial charge in [-0.25, -0.2) is 0 Å². The Morgan fingerprint density at radius 2 is 1.82 bits per heavy atom. The Morgan fingerprint density at radius 1 is 1.09 bits per heavy atom. The molecule has 2 aromatic carbocycles. The molecule has 0 atom stereocenters. The van der Waals surface area contributed by atoms with Crippen molar-refractivity contribution in [1.29, 1.82) is 5.26 Å². The van der Waals surface area contributed by atoms with Crippen molar-refractivity contribution >= 4 is 29.1 Å². The Hall–Kier alpha value is -3.63. The molecule has 5 rings (SSSR count). The molecule has 0 amide bonds. The van der Waals surface area contributed by atoms with Crippen LogP contribution in [0.15, 0.2) is 41.2 Å². The highest BCUT2D eigenvalue weighted by molar-refractivity contribution is 5.96. The minimum absolute atomic E-state index is 0.0438. The minimum Gasteiger partial charge on any atom is -0.384 e. The number of fused-ring (bicyclic) bond motifs is 3. The molecule has 2 aliphatic rings. The summed E-state index contributed by atoms with van der Waals surface area (Å²) >= 11 is 0. The van der Waals surface area contributed by atoms with Gasteiger partial charge in [0, 0.05) is 55.9 Å². The van der Waals surface area contributed by atoms with Gasteiger partial charge in [-0.05, 0) is 61.2 Å². The van der Waals surface area contributed by atoms with Crippen LogP contribution in [0.1, 0.15) is 28.7 Å². The van der Waals surface area contributed by atoms with Crippen LogP contribution in [-0.4, -0.2) is 49.4 Å². The van der Waals surface area contributed by atoms with Crippen LogP contribution in [0.4, 0.5) is 11.4 Å². The van der Waals surface area contributed by atoms with E-state index in [0.717, 1.165) is 74.3 Å². The number of pyridine rings is 1. The average Bonchev–Trinajstić information content (AvgIpc) is 2.86. The Kier molecular flexibility index (Phi) is 6.76. The van der Waals surface area contributed by atoms with Gasteiger partial charge in [0.15, 0.2) is 0 Å². The zero-order valence-electron chi connectivity index (χ0n) is 19.0. The third kappa shape index (κ3) is 4.62. The smallest absolute Gasteiger partial charge is 0.253 e. The van der Waals surface area contributed by atoms with E-state index in [-0.39, 0.29) is 5.56 Å². The number of H-pyrrole nitrogens is 1. The third-order valence-corrected chi connectivity index (χ3v) is 6.51. The first kappa shape index (κ1) is 22.6. The fraction of sp³-hybridized carbons (Fsp3) is 0.346. The number of aromatic amines is 1. The number of aromatic nitrogens is 1. The first-order valence-corrected chi connectivity index (χ1v) is 11.3. The largest absolute Gasteiger partial charge is 0.384 e. The van der Waals surface area contributed by atoms with Crippen LogP contribution < -0.4 is 15.8 Å². The van der Waals surface area contributed by atoms with Crippen molar-refractivity contribution in [2.75, 3.05) is 42.9 Å². The number of piperazine rings is 1. The number of hydrogen-bond donors (Lipinski definition) is 2. The van der Waals surface area contributed by atoms with Gasteiger partial charge in [0.25, 0.3) is 5.56 Å². The summed E-state index contributed by atoms with van der Waals surface area (Å²) in [6, 6.07) is 14.4.